The number of alkyl halides is 3. The smallest absolute Gasteiger partial charge is 0.305 e. The first-order valence-corrected chi connectivity index (χ1v) is 9.12. The lowest BCUT2D eigenvalue weighted by Crippen LogP contribution is -2.20. The minimum absolute atomic E-state index is 0.000493. The molecule has 1 unspecified atom stereocenters. The van der Waals surface area contributed by atoms with E-state index in [1.807, 2.05) is 24.6 Å². The Morgan fingerprint density at radius 3 is 2.69 bits per heavy atom. The van der Waals surface area contributed by atoms with Crippen molar-refractivity contribution in [3.63, 3.8) is 0 Å². The molecular formula is C21H19F3N4O. The van der Waals surface area contributed by atoms with Crippen LogP contribution < -0.4 is 5.56 Å². The number of hydrogen-bond donors (Lipinski definition) is 0. The van der Waals surface area contributed by atoms with Crippen LogP contribution in [-0.4, -0.2) is 19.1 Å². The van der Waals surface area contributed by atoms with Crippen molar-refractivity contribution in [3.05, 3.63) is 69.7 Å². The van der Waals surface area contributed by atoms with Gasteiger partial charge in [-0.3, -0.25) is 4.79 Å². The van der Waals surface area contributed by atoms with Gasteiger partial charge in [0.25, 0.3) is 5.56 Å². The fraction of sp³-hybridized carbons (Fsp3) is 0.286. The summed E-state index contributed by atoms with van der Waals surface area (Å²) in [5.41, 5.74) is 1.54. The van der Waals surface area contributed by atoms with Gasteiger partial charge in [-0.05, 0) is 44.0 Å². The van der Waals surface area contributed by atoms with E-state index in [0.717, 1.165) is 47.3 Å². The molecule has 0 bridgehead atoms. The van der Waals surface area contributed by atoms with Crippen molar-refractivity contribution in [2.45, 2.75) is 39.3 Å². The molecule has 3 heterocycles. The average Bonchev–Trinajstić information content (AvgIpc) is 2.98. The lowest BCUT2D eigenvalue weighted by Gasteiger charge is -2.21. The Balaban J connectivity index is 1.89. The minimum atomic E-state index is -4.49. The van der Waals surface area contributed by atoms with Crippen LogP contribution in [0, 0.1) is 6.92 Å². The summed E-state index contributed by atoms with van der Waals surface area (Å²) in [5, 5.41) is 0.108. The first-order chi connectivity index (χ1) is 13.6. The molecule has 0 radical (unpaired) electrons. The largest absolute Gasteiger partial charge is 0.416 e. The molecule has 5 nitrogen and oxygen atoms in total. The van der Waals surface area contributed by atoms with E-state index >= 15 is 0 Å². The van der Waals surface area contributed by atoms with Gasteiger partial charge >= 0.3 is 6.18 Å². The molecule has 0 saturated heterocycles. The van der Waals surface area contributed by atoms with Gasteiger partial charge in [0, 0.05) is 12.1 Å². The second-order valence-electron chi connectivity index (χ2n) is 7.44. The number of fused-ring (bicyclic) bond motifs is 2. The van der Waals surface area contributed by atoms with Crippen LogP contribution in [-0.2, 0) is 6.18 Å². The van der Waals surface area contributed by atoms with Crippen molar-refractivity contribution in [1.29, 1.82) is 0 Å². The summed E-state index contributed by atoms with van der Waals surface area (Å²) >= 11 is 0. The summed E-state index contributed by atoms with van der Waals surface area (Å²) in [6.07, 6.45) is -0.483. The molecule has 0 aliphatic carbocycles. The van der Waals surface area contributed by atoms with Crippen LogP contribution >= 0.6 is 0 Å². The maximum Gasteiger partial charge on any atom is 0.416 e. The van der Waals surface area contributed by atoms with Crippen LogP contribution in [0.15, 0.2) is 47.0 Å². The highest BCUT2D eigenvalue weighted by Gasteiger charge is 2.31. The van der Waals surface area contributed by atoms with Gasteiger partial charge in [-0.15, -0.1) is 0 Å². The van der Waals surface area contributed by atoms with Crippen LogP contribution in [0.5, 0.6) is 0 Å². The standard InChI is InChI=1S/C21H19F3N4O/c1-11(2)14-7-12(3)18-26-19(13(4)27(18)9-14)28-10-25-17-8-15(21(22,23)24)5-6-16(17)20(28)29/h5-6,8-10,12H,1,7H2,2-4H3. The highest BCUT2D eigenvalue weighted by molar-refractivity contribution is 5.78. The molecule has 4 rings (SSSR count). The fourth-order valence-corrected chi connectivity index (χ4v) is 3.62. The van der Waals surface area contributed by atoms with Crippen molar-refractivity contribution in [1.82, 2.24) is 19.1 Å². The molecule has 1 atom stereocenters. The van der Waals surface area contributed by atoms with Crippen LogP contribution in [0.4, 0.5) is 13.2 Å². The zero-order valence-electron chi connectivity index (χ0n) is 16.2. The van der Waals surface area contributed by atoms with E-state index in [9.17, 15) is 18.0 Å². The first-order valence-electron chi connectivity index (χ1n) is 9.12. The van der Waals surface area contributed by atoms with Gasteiger partial charge in [-0.2, -0.15) is 13.2 Å². The summed E-state index contributed by atoms with van der Waals surface area (Å²) < 4.78 is 42.0. The Hall–Kier alpha value is -3.16. The maximum atomic E-state index is 13.0. The van der Waals surface area contributed by atoms with E-state index in [-0.39, 0.29) is 16.8 Å². The van der Waals surface area contributed by atoms with E-state index in [1.54, 1.807) is 0 Å². The maximum absolute atomic E-state index is 13.0. The van der Waals surface area contributed by atoms with Gasteiger partial charge in [-0.1, -0.05) is 19.1 Å². The summed E-state index contributed by atoms with van der Waals surface area (Å²) in [4.78, 5) is 21.7. The molecule has 3 aromatic rings. The van der Waals surface area contributed by atoms with Gasteiger partial charge < -0.3 is 4.57 Å². The third-order valence-corrected chi connectivity index (χ3v) is 5.27. The molecule has 150 valence electrons. The van der Waals surface area contributed by atoms with Crippen molar-refractivity contribution < 1.29 is 13.2 Å². The predicted octanol–water partition coefficient (Wildman–Crippen LogP) is 4.83. The number of rotatable bonds is 2. The van der Waals surface area contributed by atoms with Crippen LogP contribution in [0.25, 0.3) is 22.9 Å². The van der Waals surface area contributed by atoms with Crippen molar-refractivity contribution >= 4 is 17.1 Å². The van der Waals surface area contributed by atoms with Crippen molar-refractivity contribution in [3.8, 4) is 5.82 Å². The second kappa shape index (κ2) is 6.43. The summed E-state index contributed by atoms with van der Waals surface area (Å²) in [6.45, 7) is 9.85. The molecule has 8 heteroatoms. The van der Waals surface area contributed by atoms with Gasteiger partial charge in [-0.25, -0.2) is 14.5 Å². The monoisotopic (exact) mass is 400 g/mol. The number of allylic oxidation sites excluding steroid dienone is 2. The lowest BCUT2D eigenvalue weighted by molar-refractivity contribution is -0.137. The molecule has 0 saturated carbocycles. The number of imidazole rings is 1. The number of hydrogen-bond acceptors (Lipinski definition) is 3. The third kappa shape index (κ3) is 3.08. The molecule has 29 heavy (non-hydrogen) atoms. The predicted molar refractivity (Wildman–Crippen MR) is 105 cm³/mol. The number of benzene rings is 1. The van der Waals surface area contributed by atoms with Gasteiger partial charge in [0.1, 0.15) is 12.2 Å². The molecule has 0 N–H and O–H groups in total. The summed E-state index contributed by atoms with van der Waals surface area (Å²) in [7, 11) is 0. The first kappa shape index (κ1) is 19.2. The lowest BCUT2D eigenvalue weighted by atomic mass is 9.94. The fourth-order valence-electron chi connectivity index (χ4n) is 3.62. The zero-order chi connectivity index (χ0) is 21.1. The molecule has 1 aromatic carbocycles. The van der Waals surface area contributed by atoms with Crippen LogP contribution in [0.2, 0.25) is 0 Å². The highest BCUT2D eigenvalue weighted by atomic mass is 19.4. The van der Waals surface area contributed by atoms with E-state index in [1.165, 1.54) is 10.9 Å². The van der Waals surface area contributed by atoms with Crippen molar-refractivity contribution in [2.75, 3.05) is 0 Å². The Bertz CT molecular complexity index is 1250. The topological polar surface area (TPSA) is 52.7 Å². The number of aromatic nitrogens is 4. The Labute approximate surface area is 164 Å². The molecule has 0 spiro atoms. The normalized spacial score (nSPS) is 16.6. The number of nitrogens with zero attached hydrogens (tertiary/aromatic N) is 4. The van der Waals surface area contributed by atoms with E-state index in [2.05, 4.69) is 23.5 Å². The van der Waals surface area contributed by atoms with Gasteiger partial charge in [0.2, 0.25) is 0 Å². The van der Waals surface area contributed by atoms with E-state index in [0.29, 0.717) is 5.82 Å². The second-order valence-corrected chi connectivity index (χ2v) is 7.44. The van der Waals surface area contributed by atoms with Crippen LogP contribution in [0.3, 0.4) is 0 Å². The summed E-state index contributed by atoms with van der Waals surface area (Å²) in [5.74, 6) is 1.38. The zero-order valence-corrected chi connectivity index (χ0v) is 16.2. The third-order valence-electron chi connectivity index (χ3n) is 5.27. The molecule has 1 aliphatic rings. The quantitative estimate of drug-likeness (QED) is 0.619. The Morgan fingerprint density at radius 1 is 1.31 bits per heavy atom. The van der Waals surface area contributed by atoms with Gasteiger partial charge in [0.15, 0.2) is 5.82 Å². The van der Waals surface area contributed by atoms with Crippen LogP contribution in [0.1, 0.15) is 43.3 Å². The van der Waals surface area contributed by atoms with Crippen molar-refractivity contribution in [2.24, 2.45) is 0 Å². The Kier molecular flexibility index (Phi) is 4.25. The molecule has 0 fully saturated rings. The molecule has 2 aromatic heterocycles. The van der Waals surface area contributed by atoms with E-state index < -0.39 is 17.3 Å². The molecule has 1 aliphatic heterocycles. The van der Waals surface area contributed by atoms with E-state index in [4.69, 9.17) is 0 Å². The number of halogens is 3. The Morgan fingerprint density at radius 2 is 2.03 bits per heavy atom. The van der Waals surface area contributed by atoms with Gasteiger partial charge in [0.05, 0.1) is 22.2 Å². The minimum Gasteiger partial charge on any atom is -0.305 e. The SMILES string of the molecule is C=C(C)C1=Cn2c(nc(-n3cnc4cc(C(F)(F)F)ccc4c3=O)c2C)C(C)C1. The molecular weight excluding hydrogens is 381 g/mol. The average molecular weight is 400 g/mol. The highest BCUT2D eigenvalue weighted by Crippen LogP contribution is 2.34. The summed E-state index contributed by atoms with van der Waals surface area (Å²) in [6, 6.07) is 2.94. The molecule has 0 amide bonds.